The minimum Gasteiger partial charge on any atom is -0.454 e. The van der Waals surface area contributed by atoms with E-state index in [4.69, 9.17) is 9.47 Å². The first-order valence-corrected chi connectivity index (χ1v) is 7.42. The number of aromatic nitrogens is 4. The molecule has 0 saturated heterocycles. The summed E-state index contributed by atoms with van der Waals surface area (Å²) in [7, 11) is 0. The van der Waals surface area contributed by atoms with Crippen LogP contribution in [0.15, 0.2) is 42.5 Å². The van der Waals surface area contributed by atoms with Gasteiger partial charge in [-0.1, -0.05) is 6.07 Å². The van der Waals surface area contributed by atoms with Crippen molar-refractivity contribution in [1.82, 2.24) is 25.5 Å². The Bertz CT molecular complexity index is 943. The van der Waals surface area contributed by atoms with Crippen molar-refractivity contribution in [1.29, 1.82) is 0 Å². The summed E-state index contributed by atoms with van der Waals surface area (Å²) in [5.41, 5.74) is 0.895. The van der Waals surface area contributed by atoms with Crippen LogP contribution in [0.4, 0.5) is 4.39 Å². The molecule has 25 heavy (non-hydrogen) atoms. The van der Waals surface area contributed by atoms with Crippen LogP contribution in [0.1, 0.15) is 16.2 Å². The number of ether oxygens (including phenoxy) is 2. The van der Waals surface area contributed by atoms with Gasteiger partial charge in [0.05, 0.1) is 12.2 Å². The van der Waals surface area contributed by atoms with E-state index in [0.717, 1.165) is 0 Å². The number of halogens is 1. The number of fused-ring (bicyclic) bond motifs is 1. The molecular weight excluding hydrogens is 329 g/mol. The summed E-state index contributed by atoms with van der Waals surface area (Å²) < 4.78 is 25.2. The number of carbonyl (C=O) groups is 1. The maximum absolute atomic E-state index is 13.4. The topological polar surface area (TPSA) is 91.2 Å². The summed E-state index contributed by atoms with van der Waals surface area (Å²) in [6.07, 6.45) is 0. The molecule has 0 unspecified atom stereocenters. The normalized spacial score (nSPS) is 12.2. The van der Waals surface area contributed by atoms with Crippen molar-refractivity contribution in [2.75, 3.05) is 6.79 Å². The second-order valence-electron chi connectivity index (χ2n) is 5.24. The molecule has 1 aromatic heterocycles. The van der Waals surface area contributed by atoms with Gasteiger partial charge in [0.25, 0.3) is 5.91 Å². The second-order valence-corrected chi connectivity index (χ2v) is 5.24. The first-order chi connectivity index (χ1) is 12.2. The van der Waals surface area contributed by atoms with Gasteiger partial charge in [0.15, 0.2) is 17.3 Å². The molecule has 0 aliphatic carbocycles. The van der Waals surface area contributed by atoms with E-state index in [1.165, 1.54) is 16.8 Å². The molecule has 1 N–H and O–H groups in total. The number of carbonyl (C=O) groups excluding carboxylic acids is 1. The minimum atomic E-state index is -0.400. The van der Waals surface area contributed by atoms with E-state index in [2.05, 4.69) is 20.8 Å². The number of tetrazole rings is 1. The van der Waals surface area contributed by atoms with Crippen LogP contribution in [0, 0.1) is 5.82 Å². The molecule has 0 saturated carbocycles. The van der Waals surface area contributed by atoms with E-state index in [-0.39, 0.29) is 19.2 Å². The first kappa shape index (κ1) is 15.1. The molecule has 2 aromatic carbocycles. The van der Waals surface area contributed by atoms with Crippen molar-refractivity contribution in [3.05, 3.63) is 59.7 Å². The van der Waals surface area contributed by atoms with Crippen LogP contribution < -0.4 is 14.8 Å². The van der Waals surface area contributed by atoms with Crippen LogP contribution >= 0.6 is 0 Å². The molecule has 3 aromatic rings. The quantitative estimate of drug-likeness (QED) is 0.772. The Morgan fingerprint density at radius 2 is 2.08 bits per heavy atom. The van der Waals surface area contributed by atoms with Gasteiger partial charge in [0.2, 0.25) is 6.79 Å². The molecule has 0 radical (unpaired) electrons. The van der Waals surface area contributed by atoms with Crippen LogP contribution in [0.25, 0.3) is 5.69 Å². The Labute approximate surface area is 141 Å². The molecule has 9 heteroatoms. The van der Waals surface area contributed by atoms with Crippen LogP contribution in [0.2, 0.25) is 0 Å². The number of nitrogens with one attached hydrogen (secondary N) is 1. The number of hydrogen-bond acceptors (Lipinski definition) is 6. The highest BCUT2D eigenvalue weighted by Crippen LogP contribution is 2.32. The predicted molar refractivity (Wildman–Crippen MR) is 82.8 cm³/mol. The lowest BCUT2D eigenvalue weighted by atomic mass is 10.2. The Morgan fingerprint density at radius 3 is 2.96 bits per heavy atom. The number of benzene rings is 2. The number of nitrogens with zero attached hydrogens (tertiary/aromatic N) is 4. The summed E-state index contributed by atoms with van der Waals surface area (Å²) in [6, 6.07) is 10.8. The molecule has 0 fully saturated rings. The second kappa shape index (κ2) is 6.19. The average Bonchev–Trinajstić information content (AvgIpc) is 3.28. The zero-order valence-corrected chi connectivity index (χ0v) is 12.8. The zero-order valence-electron chi connectivity index (χ0n) is 12.8. The van der Waals surface area contributed by atoms with Crippen molar-refractivity contribution in [2.45, 2.75) is 6.54 Å². The molecule has 1 aliphatic heterocycles. The SMILES string of the molecule is O=C(NCc1nnnn1-c1cccc(F)c1)c1ccc2c(c1)OCO2. The van der Waals surface area contributed by atoms with Gasteiger partial charge in [-0.2, -0.15) is 4.68 Å². The highest BCUT2D eigenvalue weighted by Gasteiger charge is 2.17. The Balaban J connectivity index is 1.49. The zero-order chi connectivity index (χ0) is 17.2. The average molecular weight is 341 g/mol. The van der Waals surface area contributed by atoms with Crippen LogP contribution in [0.5, 0.6) is 11.5 Å². The molecule has 0 spiro atoms. The summed E-state index contributed by atoms with van der Waals surface area (Å²) in [6.45, 7) is 0.222. The van der Waals surface area contributed by atoms with Crippen molar-refractivity contribution in [3.8, 4) is 17.2 Å². The lowest BCUT2D eigenvalue weighted by molar-refractivity contribution is 0.0949. The van der Waals surface area contributed by atoms with Crippen molar-refractivity contribution in [2.24, 2.45) is 0 Å². The molecule has 8 nitrogen and oxygen atoms in total. The van der Waals surface area contributed by atoms with E-state index < -0.39 is 5.82 Å². The van der Waals surface area contributed by atoms with E-state index in [1.54, 1.807) is 30.3 Å². The number of rotatable bonds is 4. The van der Waals surface area contributed by atoms with E-state index in [0.29, 0.717) is 28.6 Å². The summed E-state index contributed by atoms with van der Waals surface area (Å²) >= 11 is 0. The first-order valence-electron chi connectivity index (χ1n) is 7.42. The largest absolute Gasteiger partial charge is 0.454 e. The highest BCUT2D eigenvalue weighted by atomic mass is 19.1. The predicted octanol–water partition coefficient (Wildman–Crippen LogP) is 1.46. The summed E-state index contributed by atoms with van der Waals surface area (Å²) in [5.74, 6) is 0.791. The summed E-state index contributed by atoms with van der Waals surface area (Å²) in [4.78, 5) is 12.3. The maximum Gasteiger partial charge on any atom is 0.251 e. The fourth-order valence-electron chi connectivity index (χ4n) is 2.42. The molecule has 0 bridgehead atoms. The monoisotopic (exact) mass is 341 g/mol. The maximum atomic E-state index is 13.4. The lowest BCUT2D eigenvalue weighted by Gasteiger charge is -2.07. The van der Waals surface area contributed by atoms with Gasteiger partial charge in [-0.25, -0.2) is 4.39 Å². The Hall–Kier alpha value is -3.49. The van der Waals surface area contributed by atoms with Crippen LogP contribution in [-0.4, -0.2) is 32.9 Å². The van der Waals surface area contributed by atoms with Crippen LogP contribution in [-0.2, 0) is 6.54 Å². The van der Waals surface area contributed by atoms with Gasteiger partial charge in [0, 0.05) is 5.56 Å². The highest BCUT2D eigenvalue weighted by molar-refractivity contribution is 5.94. The molecule has 4 rings (SSSR count). The van der Waals surface area contributed by atoms with E-state index >= 15 is 0 Å². The smallest absolute Gasteiger partial charge is 0.251 e. The Morgan fingerprint density at radius 1 is 1.20 bits per heavy atom. The third-order valence-electron chi connectivity index (χ3n) is 3.63. The molecular formula is C16H12FN5O3. The fourth-order valence-corrected chi connectivity index (χ4v) is 2.42. The van der Waals surface area contributed by atoms with Gasteiger partial charge < -0.3 is 14.8 Å². The number of amides is 1. The third-order valence-corrected chi connectivity index (χ3v) is 3.63. The molecule has 1 aliphatic rings. The fraction of sp³-hybridized carbons (Fsp3) is 0.125. The third kappa shape index (κ3) is 2.99. The molecule has 0 atom stereocenters. The molecule has 126 valence electrons. The Kier molecular flexibility index (Phi) is 3.73. The van der Waals surface area contributed by atoms with Crippen molar-refractivity contribution in [3.63, 3.8) is 0 Å². The van der Waals surface area contributed by atoms with Crippen molar-refractivity contribution >= 4 is 5.91 Å². The van der Waals surface area contributed by atoms with Gasteiger partial charge in [-0.3, -0.25) is 4.79 Å². The van der Waals surface area contributed by atoms with Gasteiger partial charge in [-0.15, -0.1) is 5.10 Å². The van der Waals surface area contributed by atoms with Crippen LogP contribution in [0.3, 0.4) is 0 Å². The van der Waals surface area contributed by atoms with Gasteiger partial charge in [0.1, 0.15) is 5.82 Å². The van der Waals surface area contributed by atoms with Gasteiger partial charge >= 0.3 is 0 Å². The van der Waals surface area contributed by atoms with E-state index in [1.807, 2.05) is 0 Å². The van der Waals surface area contributed by atoms with Crippen molar-refractivity contribution < 1.29 is 18.7 Å². The summed E-state index contributed by atoms with van der Waals surface area (Å²) in [5, 5.41) is 14.0. The molecule has 1 amide bonds. The van der Waals surface area contributed by atoms with Gasteiger partial charge in [-0.05, 0) is 46.8 Å². The number of hydrogen-bond donors (Lipinski definition) is 1. The lowest BCUT2D eigenvalue weighted by Crippen LogP contribution is -2.24. The standard InChI is InChI=1S/C16H12FN5O3/c17-11-2-1-3-12(7-11)22-15(19-20-21-22)8-18-16(23)10-4-5-13-14(6-10)25-9-24-13/h1-7H,8-9H2,(H,18,23). The molecule has 2 heterocycles. The van der Waals surface area contributed by atoms with E-state index in [9.17, 15) is 9.18 Å². The minimum absolute atomic E-state index is 0.0801.